The number of carboxylic acids is 1. The summed E-state index contributed by atoms with van der Waals surface area (Å²) in [6.07, 6.45) is -4.56. The van der Waals surface area contributed by atoms with Crippen molar-refractivity contribution in [2.45, 2.75) is 19.5 Å². The van der Waals surface area contributed by atoms with Crippen LogP contribution in [0, 0.1) is 10.1 Å². The monoisotopic (exact) mass is 307 g/mol. The number of anilines is 1. The maximum absolute atomic E-state index is 12.6. The minimum Gasteiger partial charge on any atom is -0.481 e. The van der Waals surface area contributed by atoms with Gasteiger partial charge in [-0.1, -0.05) is 0 Å². The maximum atomic E-state index is 12.6. The largest absolute Gasteiger partial charge is 0.481 e. The lowest BCUT2D eigenvalue weighted by molar-refractivity contribution is -0.384. The number of hydrogen-bond acceptors (Lipinski definition) is 5. The van der Waals surface area contributed by atoms with Gasteiger partial charge in [-0.15, -0.1) is 0 Å². The van der Waals surface area contributed by atoms with Crippen molar-refractivity contribution >= 4 is 17.3 Å². The number of hydrogen-bond donors (Lipinski definition) is 1. The molecule has 0 unspecified atom stereocenters. The number of halogens is 3. The van der Waals surface area contributed by atoms with Gasteiger partial charge in [0.25, 0.3) is 0 Å². The fourth-order valence-corrected chi connectivity index (χ4v) is 1.67. The number of alkyl halides is 3. The van der Waals surface area contributed by atoms with Crippen LogP contribution < -0.4 is 4.90 Å². The molecule has 0 radical (unpaired) electrons. The third-order valence-corrected chi connectivity index (χ3v) is 2.67. The Bertz CT molecular complexity index is 548. The number of carboxylic acid groups (broad SMARTS) is 1. The molecule has 1 heterocycles. The van der Waals surface area contributed by atoms with Crippen LogP contribution in [0.4, 0.5) is 24.5 Å². The molecular weight excluding hydrogens is 295 g/mol. The van der Waals surface area contributed by atoms with Crippen molar-refractivity contribution in [2.24, 2.45) is 0 Å². The first-order valence-electron chi connectivity index (χ1n) is 5.85. The number of rotatable bonds is 6. The van der Waals surface area contributed by atoms with Gasteiger partial charge in [-0.25, -0.2) is 4.98 Å². The predicted molar refractivity (Wildman–Crippen MR) is 66.0 cm³/mol. The molecule has 1 aromatic heterocycles. The average molecular weight is 307 g/mol. The molecule has 116 valence electrons. The highest BCUT2D eigenvalue weighted by Gasteiger charge is 2.35. The van der Waals surface area contributed by atoms with E-state index in [0.29, 0.717) is 12.3 Å². The first kappa shape index (κ1) is 16.7. The van der Waals surface area contributed by atoms with Crippen LogP contribution in [0.1, 0.15) is 19.0 Å². The van der Waals surface area contributed by atoms with Crippen LogP contribution in [0.25, 0.3) is 0 Å². The zero-order valence-corrected chi connectivity index (χ0v) is 10.9. The first-order chi connectivity index (χ1) is 9.66. The Kier molecular flexibility index (Phi) is 5.06. The second-order valence-electron chi connectivity index (χ2n) is 4.04. The van der Waals surface area contributed by atoms with Crippen molar-refractivity contribution in [1.29, 1.82) is 0 Å². The minimum absolute atomic E-state index is 0.120. The van der Waals surface area contributed by atoms with Crippen LogP contribution in [-0.2, 0) is 11.0 Å². The highest BCUT2D eigenvalue weighted by molar-refractivity contribution is 5.69. The molecule has 0 aliphatic rings. The van der Waals surface area contributed by atoms with Crippen LogP contribution in [0.15, 0.2) is 12.3 Å². The smallest absolute Gasteiger partial charge is 0.433 e. The first-order valence-corrected chi connectivity index (χ1v) is 5.85. The van der Waals surface area contributed by atoms with Gasteiger partial charge in [0.15, 0.2) is 0 Å². The molecule has 0 fully saturated rings. The Morgan fingerprint density at radius 1 is 1.52 bits per heavy atom. The van der Waals surface area contributed by atoms with Gasteiger partial charge in [0.05, 0.1) is 11.3 Å². The summed E-state index contributed by atoms with van der Waals surface area (Å²) in [6, 6.07) is 0.559. The van der Waals surface area contributed by atoms with Crippen molar-refractivity contribution < 1.29 is 28.0 Å². The second-order valence-corrected chi connectivity index (χ2v) is 4.04. The summed E-state index contributed by atoms with van der Waals surface area (Å²) in [5.41, 5.74) is -2.17. The van der Waals surface area contributed by atoms with Gasteiger partial charge in [0, 0.05) is 13.1 Å². The van der Waals surface area contributed by atoms with Crippen molar-refractivity contribution in [3.63, 3.8) is 0 Å². The molecule has 0 atom stereocenters. The molecule has 0 saturated carbocycles. The molecule has 7 nitrogen and oxygen atoms in total. The third kappa shape index (κ3) is 4.29. The van der Waals surface area contributed by atoms with Crippen LogP contribution in [-0.4, -0.2) is 34.1 Å². The number of pyridine rings is 1. The van der Waals surface area contributed by atoms with E-state index in [4.69, 9.17) is 5.11 Å². The van der Waals surface area contributed by atoms with Crippen molar-refractivity contribution in [3.05, 3.63) is 28.1 Å². The van der Waals surface area contributed by atoms with E-state index >= 15 is 0 Å². The van der Waals surface area contributed by atoms with Crippen LogP contribution in [0.2, 0.25) is 0 Å². The number of carbonyl (C=O) groups is 1. The van der Waals surface area contributed by atoms with Crippen molar-refractivity contribution in [3.8, 4) is 0 Å². The van der Waals surface area contributed by atoms with Crippen LogP contribution >= 0.6 is 0 Å². The molecular formula is C11H12F3N3O4. The molecule has 0 spiro atoms. The highest BCUT2D eigenvalue weighted by Crippen LogP contribution is 2.34. The highest BCUT2D eigenvalue weighted by atomic mass is 19.4. The van der Waals surface area contributed by atoms with Gasteiger partial charge in [-0.3, -0.25) is 14.9 Å². The maximum Gasteiger partial charge on any atom is 0.433 e. The number of aliphatic carboxylic acids is 1. The standard InChI is InChI=1S/C11H12F3N3O4/c1-2-16(4-3-10(18)19)7-5-9(11(12,13)14)15-6-8(7)17(20)21/h5-6H,2-4H2,1H3,(H,18,19). The Hall–Kier alpha value is -2.39. The molecule has 1 N–H and O–H groups in total. The second kappa shape index (κ2) is 6.37. The Balaban J connectivity index is 3.26. The summed E-state index contributed by atoms with van der Waals surface area (Å²) in [7, 11) is 0. The molecule has 10 heteroatoms. The van der Waals surface area contributed by atoms with E-state index in [2.05, 4.69) is 4.98 Å². The molecule has 0 aromatic carbocycles. The summed E-state index contributed by atoms with van der Waals surface area (Å²) >= 11 is 0. The molecule has 0 saturated heterocycles. The molecule has 21 heavy (non-hydrogen) atoms. The minimum atomic E-state index is -4.74. The van der Waals surface area contributed by atoms with E-state index in [1.165, 1.54) is 4.90 Å². The quantitative estimate of drug-likeness (QED) is 0.640. The van der Waals surface area contributed by atoms with Crippen molar-refractivity contribution in [2.75, 3.05) is 18.0 Å². The molecule has 0 bridgehead atoms. The van der Waals surface area contributed by atoms with E-state index in [1.54, 1.807) is 6.92 Å². The Labute approximate surface area is 117 Å². The summed E-state index contributed by atoms with van der Waals surface area (Å²) in [6.45, 7) is 1.53. The zero-order chi connectivity index (χ0) is 16.2. The lowest BCUT2D eigenvalue weighted by Crippen LogP contribution is -2.27. The fourth-order valence-electron chi connectivity index (χ4n) is 1.67. The van der Waals surface area contributed by atoms with Crippen molar-refractivity contribution in [1.82, 2.24) is 4.98 Å². The number of nitrogens with zero attached hydrogens (tertiary/aromatic N) is 3. The SMILES string of the molecule is CCN(CCC(=O)O)c1cc(C(F)(F)F)ncc1[N+](=O)[O-]. The van der Waals surface area contributed by atoms with E-state index in [0.717, 1.165) is 0 Å². The van der Waals surface area contributed by atoms with E-state index in [-0.39, 0.29) is 25.2 Å². The molecule has 0 aliphatic heterocycles. The predicted octanol–water partition coefficient (Wildman–Crippen LogP) is 2.31. The summed E-state index contributed by atoms with van der Waals surface area (Å²) in [5, 5.41) is 19.5. The normalized spacial score (nSPS) is 11.2. The Morgan fingerprint density at radius 3 is 2.57 bits per heavy atom. The molecule has 0 aliphatic carbocycles. The fraction of sp³-hybridized carbons (Fsp3) is 0.455. The van der Waals surface area contributed by atoms with Gasteiger partial charge in [-0.05, 0) is 13.0 Å². The van der Waals surface area contributed by atoms with E-state index in [9.17, 15) is 28.1 Å². The van der Waals surface area contributed by atoms with Crippen LogP contribution in [0.3, 0.4) is 0 Å². The van der Waals surface area contributed by atoms with E-state index < -0.39 is 28.5 Å². The third-order valence-electron chi connectivity index (χ3n) is 2.67. The number of aromatic nitrogens is 1. The zero-order valence-electron chi connectivity index (χ0n) is 10.9. The number of nitro groups is 1. The molecule has 0 amide bonds. The average Bonchev–Trinajstić information content (AvgIpc) is 2.37. The van der Waals surface area contributed by atoms with Gasteiger partial charge in [-0.2, -0.15) is 13.2 Å². The van der Waals surface area contributed by atoms with Crippen LogP contribution in [0.5, 0.6) is 0 Å². The lowest BCUT2D eigenvalue weighted by Gasteiger charge is -2.22. The van der Waals surface area contributed by atoms with E-state index in [1.807, 2.05) is 0 Å². The lowest BCUT2D eigenvalue weighted by atomic mass is 10.2. The summed E-state index contributed by atoms with van der Waals surface area (Å²) in [4.78, 5) is 24.8. The molecule has 1 aromatic rings. The topological polar surface area (TPSA) is 96.6 Å². The van der Waals surface area contributed by atoms with Gasteiger partial charge in [0.2, 0.25) is 0 Å². The molecule has 1 rings (SSSR count). The summed E-state index contributed by atoms with van der Waals surface area (Å²) < 4.78 is 37.9. The van der Waals surface area contributed by atoms with Gasteiger partial charge >= 0.3 is 17.8 Å². The summed E-state index contributed by atoms with van der Waals surface area (Å²) in [5.74, 6) is -1.15. The van der Waals surface area contributed by atoms with Gasteiger partial charge < -0.3 is 10.0 Å². The van der Waals surface area contributed by atoms with Gasteiger partial charge in [0.1, 0.15) is 17.6 Å². The Morgan fingerprint density at radius 2 is 2.14 bits per heavy atom.